The van der Waals surface area contributed by atoms with Gasteiger partial charge in [-0.2, -0.15) is 5.10 Å². The maximum Gasteiger partial charge on any atom is 0.240 e. The second-order valence-corrected chi connectivity index (χ2v) is 6.42. The zero-order valence-electron chi connectivity index (χ0n) is 13.3. The van der Waals surface area contributed by atoms with Crippen LogP contribution >= 0.6 is 0 Å². The Labute approximate surface area is 125 Å². The van der Waals surface area contributed by atoms with Gasteiger partial charge < -0.3 is 9.88 Å². The van der Waals surface area contributed by atoms with Gasteiger partial charge in [0.15, 0.2) is 0 Å². The summed E-state index contributed by atoms with van der Waals surface area (Å²) in [5.41, 5.74) is 0.920. The number of carbonyl (C=O) groups excluding carboxylic acids is 1. The number of aryl methyl sites for hydroxylation is 2. The first-order chi connectivity index (χ1) is 9.77. The Kier molecular flexibility index (Phi) is 4.16. The van der Waals surface area contributed by atoms with E-state index < -0.39 is 0 Å². The van der Waals surface area contributed by atoms with Crippen molar-refractivity contribution in [2.45, 2.75) is 40.3 Å². The molecule has 1 amide bonds. The van der Waals surface area contributed by atoms with Crippen molar-refractivity contribution in [2.24, 2.45) is 12.5 Å². The van der Waals surface area contributed by atoms with Crippen LogP contribution in [0, 0.1) is 12.3 Å². The maximum atomic E-state index is 12.3. The van der Waals surface area contributed by atoms with Crippen LogP contribution in [0.4, 0.5) is 0 Å². The van der Waals surface area contributed by atoms with Crippen LogP contribution in [-0.2, 0) is 18.4 Å². The molecule has 2 heterocycles. The summed E-state index contributed by atoms with van der Waals surface area (Å²) in [7, 11) is 1.87. The smallest absolute Gasteiger partial charge is 0.240 e. The van der Waals surface area contributed by atoms with Crippen LogP contribution in [0.3, 0.4) is 0 Å². The van der Waals surface area contributed by atoms with Crippen LogP contribution in [0.25, 0.3) is 0 Å². The van der Waals surface area contributed by atoms with Crippen LogP contribution in [0.1, 0.15) is 38.2 Å². The SMILES string of the molecule is Cc1nccn1CC(=O)NC(c1cnn(C)c1)C(C)(C)C. The largest absolute Gasteiger partial charge is 0.347 e. The van der Waals surface area contributed by atoms with Crippen molar-refractivity contribution in [2.75, 3.05) is 0 Å². The molecule has 2 aromatic heterocycles. The van der Waals surface area contributed by atoms with E-state index in [0.29, 0.717) is 0 Å². The molecule has 0 radical (unpaired) electrons. The number of amides is 1. The average Bonchev–Trinajstić information content (AvgIpc) is 2.95. The van der Waals surface area contributed by atoms with E-state index in [1.165, 1.54) is 0 Å². The molecule has 0 aliphatic heterocycles. The minimum atomic E-state index is -0.0946. The van der Waals surface area contributed by atoms with Crippen molar-refractivity contribution in [3.05, 3.63) is 36.2 Å². The van der Waals surface area contributed by atoms with Crippen LogP contribution in [0.15, 0.2) is 24.8 Å². The van der Waals surface area contributed by atoms with Gasteiger partial charge in [-0.1, -0.05) is 20.8 Å². The molecule has 2 aromatic rings. The first-order valence-electron chi connectivity index (χ1n) is 7.03. The lowest BCUT2D eigenvalue weighted by molar-refractivity contribution is -0.123. The standard InChI is InChI=1S/C15H23N5O/c1-11-16-6-7-20(11)10-13(21)18-14(15(2,3)4)12-8-17-19(5)9-12/h6-9,14H,10H2,1-5H3,(H,18,21). The molecule has 0 saturated heterocycles. The molecular formula is C15H23N5O. The average molecular weight is 289 g/mol. The number of aromatic nitrogens is 4. The normalized spacial score (nSPS) is 13.2. The topological polar surface area (TPSA) is 64.7 Å². The number of imidazole rings is 1. The van der Waals surface area contributed by atoms with Crippen LogP contribution in [-0.4, -0.2) is 25.2 Å². The molecule has 0 aliphatic rings. The van der Waals surface area contributed by atoms with Crippen LogP contribution < -0.4 is 5.32 Å². The van der Waals surface area contributed by atoms with E-state index in [2.05, 4.69) is 36.2 Å². The zero-order chi connectivity index (χ0) is 15.6. The third-order valence-electron chi connectivity index (χ3n) is 3.47. The minimum Gasteiger partial charge on any atom is -0.347 e. The molecule has 0 fully saturated rings. The Morgan fingerprint density at radius 1 is 1.43 bits per heavy atom. The first-order valence-corrected chi connectivity index (χ1v) is 7.03. The molecule has 1 unspecified atom stereocenters. The summed E-state index contributed by atoms with van der Waals surface area (Å²) in [6.07, 6.45) is 7.26. The van der Waals surface area contributed by atoms with Gasteiger partial charge in [0.1, 0.15) is 12.4 Å². The highest BCUT2D eigenvalue weighted by molar-refractivity contribution is 5.76. The Hall–Kier alpha value is -2.11. The van der Waals surface area contributed by atoms with E-state index in [1.807, 2.05) is 30.9 Å². The van der Waals surface area contributed by atoms with Crippen molar-refractivity contribution in [1.82, 2.24) is 24.6 Å². The number of hydrogen-bond donors (Lipinski definition) is 1. The van der Waals surface area contributed by atoms with Crippen molar-refractivity contribution in [3.8, 4) is 0 Å². The highest BCUT2D eigenvalue weighted by atomic mass is 16.2. The van der Waals surface area contributed by atoms with E-state index in [4.69, 9.17) is 0 Å². The lowest BCUT2D eigenvalue weighted by Crippen LogP contribution is -2.38. The molecule has 114 valence electrons. The van der Waals surface area contributed by atoms with Gasteiger partial charge in [-0.15, -0.1) is 0 Å². The molecule has 2 rings (SSSR count). The fourth-order valence-corrected chi connectivity index (χ4v) is 2.32. The van der Waals surface area contributed by atoms with E-state index in [9.17, 15) is 4.79 Å². The van der Waals surface area contributed by atoms with Gasteiger partial charge in [-0.3, -0.25) is 9.48 Å². The third kappa shape index (κ3) is 3.71. The minimum absolute atomic E-state index is 0.0279. The van der Waals surface area contributed by atoms with Crippen molar-refractivity contribution in [1.29, 1.82) is 0 Å². The van der Waals surface area contributed by atoms with Gasteiger partial charge in [-0.25, -0.2) is 4.98 Å². The molecule has 0 spiro atoms. The van der Waals surface area contributed by atoms with E-state index in [1.54, 1.807) is 17.1 Å². The fourth-order valence-electron chi connectivity index (χ4n) is 2.32. The number of hydrogen-bond acceptors (Lipinski definition) is 3. The van der Waals surface area contributed by atoms with E-state index in [0.717, 1.165) is 11.4 Å². The van der Waals surface area contributed by atoms with Crippen LogP contribution in [0.5, 0.6) is 0 Å². The van der Waals surface area contributed by atoms with Crippen LogP contribution in [0.2, 0.25) is 0 Å². The van der Waals surface area contributed by atoms with Crippen molar-refractivity contribution < 1.29 is 4.79 Å². The molecule has 0 aliphatic carbocycles. The summed E-state index contributed by atoms with van der Waals surface area (Å²) < 4.78 is 3.58. The number of rotatable bonds is 4. The van der Waals surface area contributed by atoms with E-state index in [-0.39, 0.29) is 23.9 Å². The number of nitrogens with one attached hydrogen (secondary N) is 1. The van der Waals surface area contributed by atoms with Gasteiger partial charge in [0, 0.05) is 31.2 Å². The number of nitrogens with zero attached hydrogens (tertiary/aromatic N) is 4. The molecule has 21 heavy (non-hydrogen) atoms. The van der Waals surface area contributed by atoms with Gasteiger partial charge in [0.25, 0.3) is 0 Å². The highest BCUT2D eigenvalue weighted by Gasteiger charge is 2.28. The molecule has 0 saturated carbocycles. The van der Waals surface area contributed by atoms with Gasteiger partial charge >= 0.3 is 0 Å². The quantitative estimate of drug-likeness (QED) is 0.934. The summed E-state index contributed by atoms with van der Waals surface area (Å²) in [6, 6.07) is -0.0810. The summed E-state index contributed by atoms with van der Waals surface area (Å²) in [5.74, 6) is 0.804. The van der Waals surface area contributed by atoms with Crippen molar-refractivity contribution in [3.63, 3.8) is 0 Å². The second kappa shape index (κ2) is 5.71. The molecule has 1 atom stereocenters. The lowest BCUT2D eigenvalue weighted by atomic mass is 9.83. The van der Waals surface area contributed by atoms with Crippen molar-refractivity contribution >= 4 is 5.91 Å². The predicted molar refractivity (Wildman–Crippen MR) is 80.5 cm³/mol. The maximum absolute atomic E-state index is 12.3. The summed E-state index contributed by atoms with van der Waals surface area (Å²) in [6.45, 7) is 8.47. The molecule has 0 bridgehead atoms. The fraction of sp³-hybridized carbons (Fsp3) is 0.533. The summed E-state index contributed by atoms with van der Waals surface area (Å²) in [5, 5.41) is 7.31. The summed E-state index contributed by atoms with van der Waals surface area (Å²) in [4.78, 5) is 16.4. The molecule has 6 nitrogen and oxygen atoms in total. The predicted octanol–water partition coefficient (Wildman–Crippen LogP) is 1.83. The summed E-state index contributed by atoms with van der Waals surface area (Å²) >= 11 is 0. The Morgan fingerprint density at radius 2 is 2.14 bits per heavy atom. The Morgan fingerprint density at radius 3 is 2.62 bits per heavy atom. The highest BCUT2D eigenvalue weighted by Crippen LogP contribution is 2.32. The molecule has 1 N–H and O–H groups in total. The monoisotopic (exact) mass is 289 g/mol. The third-order valence-corrected chi connectivity index (χ3v) is 3.47. The van der Waals surface area contributed by atoms with Gasteiger partial charge in [-0.05, 0) is 12.3 Å². The second-order valence-electron chi connectivity index (χ2n) is 6.42. The lowest BCUT2D eigenvalue weighted by Gasteiger charge is -2.31. The number of carbonyl (C=O) groups is 1. The molecule has 6 heteroatoms. The Bertz CT molecular complexity index is 620. The van der Waals surface area contributed by atoms with E-state index >= 15 is 0 Å². The first kappa shape index (κ1) is 15.3. The Balaban J connectivity index is 2.12. The van der Waals surface area contributed by atoms with Gasteiger partial charge in [0.05, 0.1) is 12.2 Å². The molecule has 0 aromatic carbocycles. The van der Waals surface area contributed by atoms with Gasteiger partial charge in [0.2, 0.25) is 5.91 Å². The zero-order valence-corrected chi connectivity index (χ0v) is 13.3. The molecular weight excluding hydrogens is 266 g/mol.